The van der Waals surface area contributed by atoms with Crippen LogP contribution in [0.25, 0.3) is 0 Å². The molecule has 0 radical (unpaired) electrons. The van der Waals surface area contributed by atoms with E-state index in [9.17, 15) is 9.59 Å². The van der Waals surface area contributed by atoms with E-state index in [1.54, 1.807) is 11.9 Å². The van der Waals surface area contributed by atoms with Crippen LogP contribution >= 0.6 is 0 Å². The highest BCUT2D eigenvalue weighted by molar-refractivity contribution is 5.94. The first-order valence-corrected chi connectivity index (χ1v) is 15.4. The standard InChI is InChI=1S/C30H47N5O3/c1-3-38-15-14-34(2)29(37)27-23-19-35(13-11-24(23)32-33-27)28(36)25-18-30(12-7-6-10-26(30)31-25)22-9-5-4-8-20-16-21(20)17-22/h20-22,25-26,31H,3-19H2,1-2H3,(H,32,33). The van der Waals surface area contributed by atoms with Gasteiger partial charge in [0.1, 0.15) is 5.69 Å². The van der Waals surface area contributed by atoms with Crippen molar-refractivity contribution in [1.82, 2.24) is 25.3 Å². The average Bonchev–Trinajstić information content (AvgIpc) is 3.33. The zero-order valence-electron chi connectivity index (χ0n) is 23.5. The highest BCUT2D eigenvalue weighted by Crippen LogP contribution is 2.58. The van der Waals surface area contributed by atoms with Gasteiger partial charge in [0.25, 0.3) is 5.91 Å². The van der Waals surface area contributed by atoms with Crippen LogP contribution in [0.1, 0.15) is 99.3 Å². The summed E-state index contributed by atoms with van der Waals surface area (Å²) in [5.74, 6) is 2.86. The Morgan fingerprint density at radius 2 is 1.97 bits per heavy atom. The first-order chi connectivity index (χ1) is 18.5. The third kappa shape index (κ3) is 4.91. The number of aromatic amines is 1. The van der Waals surface area contributed by atoms with Gasteiger partial charge in [0.15, 0.2) is 0 Å². The van der Waals surface area contributed by atoms with E-state index in [1.807, 2.05) is 11.8 Å². The number of fused-ring (bicyclic) bond motifs is 3. The Labute approximate surface area is 227 Å². The molecule has 0 bridgehead atoms. The van der Waals surface area contributed by atoms with E-state index in [1.165, 1.54) is 64.2 Å². The normalized spacial score (nSPS) is 34.5. The van der Waals surface area contributed by atoms with Gasteiger partial charge in [-0.1, -0.05) is 32.1 Å². The number of rotatable bonds is 7. The lowest BCUT2D eigenvalue weighted by molar-refractivity contribution is -0.134. The number of carbonyl (C=O) groups excluding carboxylic acids is 2. The number of carbonyl (C=O) groups is 2. The quantitative estimate of drug-likeness (QED) is 0.527. The van der Waals surface area contributed by atoms with Crippen molar-refractivity contribution in [2.75, 3.05) is 33.4 Å². The maximum absolute atomic E-state index is 14.0. The van der Waals surface area contributed by atoms with Crippen LogP contribution in [0.3, 0.4) is 0 Å². The van der Waals surface area contributed by atoms with Crippen molar-refractivity contribution in [2.45, 2.75) is 103 Å². The molecule has 6 rings (SSSR count). The molecule has 38 heavy (non-hydrogen) atoms. The molecule has 210 valence electrons. The first kappa shape index (κ1) is 26.3. The first-order valence-electron chi connectivity index (χ1n) is 15.4. The van der Waals surface area contributed by atoms with E-state index in [0.29, 0.717) is 56.4 Å². The predicted octanol–water partition coefficient (Wildman–Crippen LogP) is 3.91. The Morgan fingerprint density at radius 3 is 2.84 bits per heavy atom. The van der Waals surface area contributed by atoms with Crippen molar-refractivity contribution in [2.24, 2.45) is 23.2 Å². The lowest BCUT2D eigenvalue weighted by Crippen LogP contribution is -2.48. The van der Waals surface area contributed by atoms with Crippen LogP contribution in [0.2, 0.25) is 0 Å². The number of nitrogens with one attached hydrogen (secondary N) is 2. The van der Waals surface area contributed by atoms with Gasteiger partial charge >= 0.3 is 0 Å². The Hall–Kier alpha value is -1.93. The van der Waals surface area contributed by atoms with E-state index < -0.39 is 0 Å². The Balaban J connectivity index is 1.15. The zero-order valence-corrected chi connectivity index (χ0v) is 23.5. The molecule has 0 aromatic carbocycles. The Bertz CT molecular complexity index is 1030. The van der Waals surface area contributed by atoms with Crippen LogP contribution in [0, 0.1) is 23.2 Å². The summed E-state index contributed by atoms with van der Waals surface area (Å²) < 4.78 is 5.42. The van der Waals surface area contributed by atoms with Gasteiger partial charge in [0, 0.05) is 51.3 Å². The lowest BCUT2D eigenvalue weighted by Gasteiger charge is -2.46. The molecule has 8 nitrogen and oxygen atoms in total. The molecule has 1 aromatic heterocycles. The number of H-pyrrole nitrogens is 1. The van der Waals surface area contributed by atoms with Crippen LogP contribution in [0.5, 0.6) is 0 Å². The molecule has 3 heterocycles. The molecule has 6 unspecified atom stereocenters. The topological polar surface area (TPSA) is 90.6 Å². The summed E-state index contributed by atoms with van der Waals surface area (Å²) in [4.78, 5) is 30.8. The van der Waals surface area contributed by atoms with Crippen molar-refractivity contribution >= 4 is 11.8 Å². The van der Waals surface area contributed by atoms with Crippen LogP contribution in [-0.4, -0.2) is 77.2 Å². The highest BCUT2D eigenvalue weighted by atomic mass is 16.5. The summed E-state index contributed by atoms with van der Waals surface area (Å²) in [7, 11) is 1.79. The summed E-state index contributed by atoms with van der Waals surface area (Å²) in [6, 6.07) is 0.386. The van der Waals surface area contributed by atoms with Crippen LogP contribution in [0.15, 0.2) is 0 Å². The maximum atomic E-state index is 14.0. The number of hydrogen-bond acceptors (Lipinski definition) is 5. The predicted molar refractivity (Wildman–Crippen MR) is 146 cm³/mol. The van der Waals surface area contributed by atoms with E-state index in [2.05, 4.69) is 15.5 Å². The zero-order chi connectivity index (χ0) is 26.3. The molecule has 2 N–H and O–H groups in total. The third-order valence-electron chi connectivity index (χ3n) is 10.8. The highest BCUT2D eigenvalue weighted by Gasteiger charge is 2.56. The fraction of sp³-hybridized carbons (Fsp3) is 0.833. The Kier molecular flexibility index (Phi) is 7.55. The third-order valence-corrected chi connectivity index (χ3v) is 10.8. The van der Waals surface area contributed by atoms with Crippen molar-refractivity contribution in [3.63, 3.8) is 0 Å². The van der Waals surface area contributed by atoms with Crippen molar-refractivity contribution in [3.8, 4) is 0 Å². The van der Waals surface area contributed by atoms with Gasteiger partial charge in [-0.2, -0.15) is 5.10 Å². The van der Waals surface area contributed by atoms with Crippen LogP contribution < -0.4 is 5.32 Å². The average molecular weight is 526 g/mol. The van der Waals surface area contributed by atoms with Gasteiger partial charge in [-0.3, -0.25) is 14.7 Å². The second kappa shape index (κ2) is 10.9. The number of likely N-dealkylation sites (N-methyl/N-ethyl adjacent to an activating group) is 1. The number of aromatic nitrogens is 2. The molecular weight excluding hydrogens is 478 g/mol. The smallest absolute Gasteiger partial charge is 0.272 e. The maximum Gasteiger partial charge on any atom is 0.272 e. The molecular formula is C30H47N5O3. The largest absolute Gasteiger partial charge is 0.380 e. The number of hydrogen-bond donors (Lipinski definition) is 2. The molecule has 3 saturated carbocycles. The molecule has 2 amide bonds. The van der Waals surface area contributed by atoms with Gasteiger partial charge in [-0.05, 0) is 68.6 Å². The minimum absolute atomic E-state index is 0.0839. The van der Waals surface area contributed by atoms with Crippen molar-refractivity contribution in [1.29, 1.82) is 0 Å². The van der Waals surface area contributed by atoms with Crippen molar-refractivity contribution < 1.29 is 14.3 Å². The second-order valence-corrected chi connectivity index (χ2v) is 12.9. The second-order valence-electron chi connectivity index (χ2n) is 12.9. The van der Waals surface area contributed by atoms with Gasteiger partial charge in [-0.25, -0.2) is 0 Å². The summed E-state index contributed by atoms with van der Waals surface area (Å²) in [5.41, 5.74) is 2.63. The van der Waals surface area contributed by atoms with E-state index in [0.717, 1.165) is 35.4 Å². The number of nitrogens with zero attached hydrogens (tertiary/aromatic N) is 3. The fourth-order valence-electron chi connectivity index (χ4n) is 8.52. The SMILES string of the molecule is CCOCCN(C)C(=O)c1[nH]nc2c1CN(C(=O)C1CC3(C4CCCCC5CC5C4)CCCCC3N1)CC2. The minimum Gasteiger partial charge on any atom is -0.380 e. The van der Waals surface area contributed by atoms with Gasteiger partial charge in [0.2, 0.25) is 5.91 Å². The molecule has 8 heteroatoms. The number of ether oxygens (including phenoxy) is 1. The summed E-state index contributed by atoms with van der Waals surface area (Å²) >= 11 is 0. The van der Waals surface area contributed by atoms with Gasteiger partial charge in [-0.15, -0.1) is 0 Å². The lowest BCUT2D eigenvalue weighted by atomic mass is 9.59. The molecule has 1 saturated heterocycles. The molecule has 6 atom stereocenters. The summed E-state index contributed by atoms with van der Waals surface area (Å²) in [6.45, 7) is 4.77. The molecule has 1 aromatic rings. The molecule has 4 fully saturated rings. The van der Waals surface area contributed by atoms with Crippen molar-refractivity contribution in [3.05, 3.63) is 17.0 Å². The van der Waals surface area contributed by atoms with E-state index >= 15 is 0 Å². The van der Waals surface area contributed by atoms with Gasteiger partial charge < -0.3 is 19.9 Å². The monoisotopic (exact) mass is 525 g/mol. The Morgan fingerprint density at radius 1 is 1.13 bits per heavy atom. The van der Waals surface area contributed by atoms with Crippen LogP contribution in [-0.2, 0) is 22.5 Å². The molecule has 5 aliphatic rings. The fourth-order valence-corrected chi connectivity index (χ4v) is 8.52. The van der Waals surface area contributed by atoms with Gasteiger partial charge in [0.05, 0.1) is 18.3 Å². The molecule has 3 aliphatic carbocycles. The van der Waals surface area contributed by atoms with E-state index in [4.69, 9.17) is 4.74 Å². The molecule has 0 spiro atoms. The number of amides is 2. The summed E-state index contributed by atoms with van der Waals surface area (Å²) in [5, 5.41) is 11.3. The van der Waals surface area contributed by atoms with E-state index in [-0.39, 0.29) is 17.9 Å². The summed E-state index contributed by atoms with van der Waals surface area (Å²) in [6.07, 6.45) is 15.2. The minimum atomic E-state index is -0.0972. The van der Waals surface area contributed by atoms with Crippen LogP contribution in [0.4, 0.5) is 0 Å². The molecule has 2 aliphatic heterocycles.